The minimum Gasteiger partial charge on any atom is -0.493 e. The molecule has 0 atom stereocenters. The summed E-state index contributed by atoms with van der Waals surface area (Å²) in [5.41, 5.74) is 1.73. The van der Waals surface area contributed by atoms with Crippen LogP contribution in [0.25, 0.3) is 5.57 Å². The molecule has 6 heteroatoms. The predicted molar refractivity (Wildman–Crippen MR) is 118 cm³/mol. The van der Waals surface area contributed by atoms with Crippen molar-refractivity contribution in [2.24, 2.45) is 11.8 Å². The van der Waals surface area contributed by atoms with E-state index < -0.39 is 0 Å². The Hall–Kier alpha value is -3.02. The van der Waals surface area contributed by atoms with Crippen LogP contribution in [0.3, 0.4) is 0 Å². The van der Waals surface area contributed by atoms with Crippen molar-refractivity contribution in [3.8, 4) is 5.75 Å². The number of amides is 2. The van der Waals surface area contributed by atoms with Gasteiger partial charge in [-0.05, 0) is 54.5 Å². The second-order valence-corrected chi connectivity index (χ2v) is 8.90. The van der Waals surface area contributed by atoms with Crippen molar-refractivity contribution in [2.75, 3.05) is 19.7 Å². The molecule has 1 fully saturated rings. The van der Waals surface area contributed by atoms with Gasteiger partial charge in [0.25, 0.3) is 11.8 Å². The van der Waals surface area contributed by atoms with Gasteiger partial charge in [0.05, 0.1) is 25.0 Å². The van der Waals surface area contributed by atoms with Crippen LogP contribution < -0.4 is 4.74 Å². The second-order valence-electron chi connectivity index (χ2n) is 8.90. The van der Waals surface area contributed by atoms with Crippen LogP contribution in [0, 0.1) is 11.8 Å². The summed E-state index contributed by atoms with van der Waals surface area (Å²) in [5.74, 6) is 1.89. The number of carbonyl (C=O) groups excluding carboxylic acids is 2. The summed E-state index contributed by atoms with van der Waals surface area (Å²) in [7, 11) is 0. The van der Waals surface area contributed by atoms with Crippen LogP contribution in [-0.4, -0.2) is 41.3 Å². The standard InChI is InChI=1S/C25H30N2O4/c1-17(2)16-31-20-8-6-19(7-9-20)22-23(26-12-10-18(3)11-13-26)25(29)27(24(22)28)15-21-5-4-14-30-21/h4-9,14,17-18H,10-13,15-16H2,1-3H3. The molecule has 0 bridgehead atoms. The lowest BCUT2D eigenvalue weighted by atomic mass is 9.97. The van der Waals surface area contributed by atoms with Crippen LogP contribution in [0.4, 0.5) is 0 Å². The van der Waals surface area contributed by atoms with E-state index in [-0.39, 0.29) is 18.4 Å². The molecule has 1 saturated heterocycles. The normalized spacial score (nSPS) is 17.9. The summed E-state index contributed by atoms with van der Waals surface area (Å²) in [6, 6.07) is 11.0. The third-order valence-corrected chi connectivity index (χ3v) is 5.86. The van der Waals surface area contributed by atoms with Gasteiger partial charge >= 0.3 is 0 Å². The van der Waals surface area contributed by atoms with Gasteiger partial charge in [0.1, 0.15) is 17.2 Å². The maximum Gasteiger partial charge on any atom is 0.278 e. The van der Waals surface area contributed by atoms with E-state index in [1.807, 2.05) is 24.3 Å². The average Bonchev–Trinajstić information content (AvgIpc) is 3.36. The van der Waals surface area contributed by atoms with Gasteiger partial charge in [-0.3, -0.25) is 14.5 Å². The molecule has 2 amide bonds. The zero-order chi connectivity index (χ0) is 22.0. The monoisotopic (exact) mass is 422 g/mol. The van der Waals surface area contributed by atoms with Gasteiger partial charge in [-0.15, -0.1) is 0 Å². The molecule has 164 valence electrons. The number of hydrogen-bond acceptors (Lipinski definition) is 5. The predicted octanol–water partition coefficient (Wildman–Crippen LogP) is 4.33. The van der Waals surface area contributed by atoms with Crippen molar-refractivity contribution >= 4 is 17.4 Å². The Morgan fingerprint density at radius 1 is 1.06 bits per heavy atom. The first-order valence-electron chi connectivity index (χ1n) is 11.0. The van der Waals surface area contributed by atoms with Crippen LogP contribution in [-0.2, 0) is 16.1 Å². The number of hydrogen-bond donors (Lipinski definition) is 0. The average molecular weight is 423 g/mol. The molecule has 0 spiro atoms. The molecule has 0 radical (unpaired) electrons. The van der Waals surface area contributed by atoms with Crippen molar-refractivity contribution in [3.05, 3.63) is 59.7 Å². The van der Waals surface area contributed by atoms with Gasteiger partial charge in [0.2, 0.25) is 0 Å². The number of ether oxygens (including phenoxy) is 1. The highest BCUT2D eigenvalue weighted by Crippen LogP contribution is 2.35. The Balaban J connectivity index is 1.65. The third-order valence-electron chi connectivity index (χ3n) is 5.86. The van der Waals surface area contributed by atoms with Crippen LogP contribution in [0.1, 0.15) is 44.9 Å². The number of piperidine rings is 1. The molecule has 31 heavy (non-hydrogen) atoms. The van der Waals surface area contributed by atoms with E-state index in [2.05, 4.69) is 25.7 Å². The highest BCUT2D eigenvalue weighted by Gasteiger charge is 2.42. The van der Waals surface area contributed by atoms with Gasteiger partial charge in [0, 0.05) is 13.1 Å². The summed E-state index contributed by atoms with van der Waals surface area (Å²) in [6.45, 7) is 8.76. The number of likely N-dealkylation sites (tertiary alicyclic amines) is 1. The number of furan rings is 1. The van der Waals surface area contributed by atoms with Gasteiger partial charge in [-0.25, -0.2) is 0 Å². The Morgan fingerprint density at radius 3 is 2.39 bits per heavy atom. The third kappa shape index (κ3) is 4.53. The molecule has 3 heterocycles. The minimum absolute atomic E-state index is 0.136. The first-order valence-corrected chi connectivity index (χ1v) is 11.0. The molecule has 0 unspecified atom stereocenters. The summed E-state index contributed by atoms with van der Waals surface area (Å²) < 4.78 is 11.2. The summed E-state index contributed by atoms with van der Waals surface area (Å²) in [6.07, 6.45) is 3.58. The highest BCUT2D eigenvalue weighted by atomic mass is 16.5. The summed E-state index contributed by atoms with van der Waals surface area (Å²) >= 11 is 0. The van der Waals surface area contributed by atoms with Crippen LogP contribution >= 0.6 is 0 Å². The SMILES string of the molecule is CC(C)COc1ccc(C2=C(N3CCC(C)CC3)C(=O)N(Cc3ccco3)C2=O)cc1. The minimum atomic E-state index is -0.272. The van der Waals surface area contributed by atoms with Crippen molar-refractivity contribution in [1.82, 2.24) is 9.80 Å². The van der Waals surface area contributed by atoms with Crippen molar-refractivity contribution in [2.45, 2.75) is 40.2 Å². The fraction of sp³-hybridized carbons (Fsp3) is 0.440. The van der Waals surface area contributed by atoms with Crippen molar-refractivity contribution < 1.29 is 18.7 Å². The molecule has 1 aromatic heterocycles. The zero-order valence-electron chi connectivity index (χ0n) is 18.5. The smallest absolute Gasteiger partial charge is 0.278 e. The van der Waals surface area contributed by atoms with Crippen LogP contribution in [0.5, 0.6) is 5.75 Å². The first-order chi connectivity index (χ1) is 14.9. The number of carbonyl (C=O) groups is 2. The van der Waals surface area contributed by atoms with Gasteiger partial charge in [-0.2, -0.15) is 0 Å². The van der Waals surface area contributed by atoms with Gasteiger partial charge in [-0.1, -0.05) is 32.9 Å². The maximum absolute atomic E-state index is 13.4. The van der Waals surface area contributed by atoms with Crippen LogP contribution in [0.15, 0.2) is 52.8 Å². The lowest BCUT2D eigenvalue weighted by molar-refractivity contribution is -0.138. The topological polar surface area (TPSA) is 63.0 Å². The van der Waals surface area contributed by atoms with E-state index in [9.17, 15) is 9.59 Å². The van der Waals surface area contributed by atoms with E-state index in [1.54, 1.807) is 18.4 Å². The van der Waals surface area contributed by atoms with E-state index in [0.29, 0.717) is 35.5 Å². The lowest BCUT2D eigenvalue weighted by Gasteiger charge is -2.32. The number of nitrogens with zero attached hydrogens (tertiary/aromatic N) is 2. The number of benzene rings is 1. The van der Waals surface area contributed by atoms with Crippen molar-refractivity contribution in [3.63, 3.8) is 0 Å². The zero-order valence-corrected chi connectivity index (χ0v) is 18.5. The van der Waals surface area contributed by atoms with Gasteiger partial charge in [0.15, 0.2) is 0 Å². The van der Waals surface area contributed by atoms with E-state index in [0.717, 1.165) is 37.2 Å². The largest absolute Gasteiger partial charge is 0.493 e. The quantitative estimate of drug-likeness (QED) is 0.622. The van der Waals surface area contributed by atoms with E-state index in [4.69, 9.17) is 9.15 Å². The number of imide groups is 1. The Bertz CT molecular complexity index is 952. The van der Waals surface area contributed by atoms with E-state index >= 15 is 0 Å². The molecule has 0 saturated carbocycles. The molecular formula is C25H30N2O4. The van der Waals surface area contributed by atoms with Crippen molar-refractivity contribution in [1.29, 1.82) is 0 Å². The lowest BCUT2D eigenvalue weighted by Crippen LogP contribution is -2.38. The van der Waals surface area contributed by atoms with Gasteiger partial charge < -0.3 is 14.1 Å². The Morgan fingerprint density at radius 2 is 1.77 bits per heavy atom. The summed E-state index contributed by atoms with van der Waals surface area (Å²) in [4.78, 5) is 30.2. The summed E-state index contributed by atoms with van der Waals surface area (Å²) in [5, 5.41) is 0. The molecule has 0 aliphatic carbocycles. The Labute approximate surface area is 183 Å². The van der Waals surface area contributed by atoms with Crippen LogP contribution in [0.2, 0.25) is 0 Å². The molecule has 2 aliphatic heterocycles. The molecule has 2 aromatic rings. The fourth-order valence-corrected chi connectivity index (χ4v) is 4.03. The molecular weight excluding hydrogens is 392 g/mol. The molecule has 0 N–H and O–H groups in total. The number of rotatable bonds is 7. The fourth-order valence-electron chi connectivity index (χ4n) is 4.03. The second kappa shape index (κ2) is 9.00. The maximum atomic E-state index is 13.4. The molecule has 6 nitrogen and oxygen atoms in total. The first kappa shape index (κ1) is 21.2. The highest BCUT2D eigenvalue weighted by molar-refractivity contribution is 6.35. The van der Waals surface area contributed by atoms with E-state index in [1.165, 1.54) is 4.90 Å². The molecule has 4 rings (SSSR count). The Kier molecular flexibility index (Phi) is 6.16. The molecule has 1 aromatic carbocycles. The molecule has 2 aliphatic rings.